The van der Waals surface area contributed by atoms with Gasteiger partial charge in [-0.05, 0) is 31.0 Å². The number of halogens is 1. The average Bonchev–Trinajstić information content (AvgIpc) is 3.08. The van der Waals surface area contributed by atoms with Crippen LogP contribution in [0.25, 0.3) is 0 Å². The minimum Gasteiger partial charge on any atom is -0.396 e. The molecule has 1 saturated carbocycles. The van der Waals surface area contributed by atoms with Crippen molar-refractivity contribution in [2.24, 2.45) is 5.41 Å². The van der Waals surface area contributed by atoms with E-state index in [1.54, 1.807) is 12.1 Å². The Morgan fingerprint density at radius 1 is 1.50 bits per heavy atom. The van der Waals surface area contributed by atoms with Gasteiger partial charge in [0.25, 0.3) is 0 Å². The predicted molar refractivity (Wildman–Crippen MR) is 58.4 cm³/mol. The summed E-state index contributed by atoms with van der Waals surface area (Å²) in [7, 11) is 0. The van der Waals surface area contributed by atoms with Crippen molar-refractivity contribution >= 4 is 5.69 Å². The summed E-state index contributed by atoms with van der Waals surface area (Å²) in [6.07, 6.45) is 1.96. The molecular weight excluding hydrogens is 207 g/mol. The molecular formula is C12H13FN2O. The SMILES string of the molecule is N#Cc1ccc(NCC2(CO)CC2)c(F)c1. The highest BCUT2D eigenvalue weighted by Gasteiger charge is 2.41. The zero-order chi connectivity index (χ0) is 11.6. The van der Waals surface area contributed by atoms with Crippen LogP contribution in [0.3, 0.4) is 0 Å². The first-order valence-electron chi connectivity index (χ1n) is 5.23. The lowest BCUT2D eigenvalue weighted by Crippen LogP contribution is -2.19. The number of benzene rings is 1. The molecule has 16 heavy (non-hydrogen) atoms. The van der Waals surface area contributed by atoms with Crippen LogP contribution in [0.1, 0.15) is 18.4 Å². The third-order valence-corrected chi connectivity index (χ3v) is 3.04. The lowest BCUT2D eigenvalue weighted by Gasteiger charge is -2.14. The fourth-order valence-electron chi connectivity index (χ4n) is 1.58. The van der Waals surface area contributed by atoms with Crippen LogP contribution in [0.4, 0.5) is 10.1 Å². The standard InChI is InChI=1S/C12H13FN2O/c13-10-5-9(6-14)1-2-11(10)15-7-12(8-16)3-4-12/h1-2,5,15-16H,3-4,7-8H2. The highest BCUT2D eigenvalue weighted by atomic mass is 19.1. The maximum absolute atomic E-state index is 13.5. The van der Waals surface area contributed by atoms with E-state index >= 15 is 0 Å². The van der Waals surface area contributed by atoms with Crippen LogP contribution >= 0.6 is 0 Å². The minimum atomic E-state index is -0.423. The molecule has 0 saturated heterocycles. The van der Waals surface area contributed by atoms with Crippen LogP contribution < -0.4 is 5.32 Å². The first-order valence-corrected chi connectivity index (χ1v) is 5.23. The van der Waals surface area contributed by atoms with Crippen molar-refractivity contribution in [2.75, 3.05) is 18.5 Å². The molecule has 0 amide bonds. The van der Waals surface area contributed by atoms with Gasteiger partial charge < -0.3 is 10.4 Å². The number of nitriles is 1. The van der Waals surface area contributed by atoms with Crippen LogP contribution in [0.2, 0.25) is 0 Å². The Kier molecular flexibility index (Phi) is 2.80. The smallest absolute Gasteiger partial charge is 0.147 e. The normalized spacial score (nSPS) is 16.6. The van der Waals surface area contributed by atoms with E-state index in [2.05, 4.69) is 5.32 Å². The van der Waals surface area contributed by atoms with Crippen LogP contribution in [0.5, 0.6) is 0 Å². The van der Waals surface area contributed by atoms with Gasteiger partial charge in [0.05, 0.1) is 23.9 Å². The fourth-order valence-corrected chi connectivity index (χ4v) is 1.58. The van der Waals surface area contributed by atoms with E-state index in [1.165, 1.54) is 6.07 Å². The van der Waals surface area contributed by atoms with Gasteiger partial charge in [0.15, 0.2) is 0 Å². The molecule has 2 rings (SSSR count). The van der Waals surface area contributed by atoms with Gasteiger partial charge in [-0.25, -0.2) is 4.39 Å². The summed E-state index contributed by atoms with van der Waals surface area (Å²) in [6, 6.07) is 6.22. The first-order chi connectivity index (χ1) is 7.69. The Labute approximate surface area is 93.5 Å². The molecule has 4 heteroatoms. The molecule has 1 aliphatic rings. The number of hydrogen-bond acceptors (Lipinski definition) is 3. The second kappa shape index (κ2) is 4.11. The number of hydrogen-bond donors (Lipinski definition) is 2. The fraction of sp³-hybridized carbons (Fsp3) is 0.417. The third kappa shape index (κ3) is 2.15. The topological polar surface area (TPSA) is 56.0 Å². The number of nitrogens with zero attached hydrogens (tertiary/aromatic N) is 1. The molecule has 0 spiro atoms. The van der Waals surface area contributed by atoms with Crippen LogP contribution in [-0.2, 0) is 0 Å². The Hall–Kier alpha value is -1.60. The molecule has 0 radical (unpaired) electrons. The molecule has 1 aliphatic carbocycles. The van der Waals surface area contributed by atoms with Crippen LogP contribution in [-0.4, -0.2) is 18.3 Å². The largest absolute Gasteiger partial charge is 0.396 e. The maximum atomic E-state index is 13.5. The van der Waals surface area contributed by atoms with Crippen molar-refractivity contribution in [3.05, 3.63) is 29.6 Å². The van der Waals surface area contributed by atoms with Gasteiger partial charge in [-0.15, -0.1) is 0 Å². The zero-order valence-electron chi connectivity index (χ0n) is 8.83. The Morgan fingerprint density at radius 2 is 2.25 bits per heavy atom. The molecule has 0 heterocycles. The highest BCUT2D eigenvalue weighted by Crippen LogP contribution is 2.45. The zero-order valence-corrected chi connectivity index (χ0v) is 8.83. The van der Waals surface area contributed by atoms with Gasteiger partial charge in [0.1, 0.15) is 5.82 Å². The Bertz CT molecular complexity index is 435. The van der Waals surface area contributed by atoms with E-state index in [0.29, 0.717) is 17.8 Å². The van der Waals surface area contributed by atoms with Crippen molar-refractivity contribution in [3.63, 3.8) is 0 Å². The van der Waals surface area contributed by atoms with Crippen molar-refractivity contribution in [2.45, 2.75) is 12.8 Å². The summed E-state index contributed by atoms with van der Waals surface area (Å²) in [5.41, 5.74) is 0.644. The summed E-state index contributed by atoms with van der Waals surface area (Å²) < 4.78 is 13.5. The minimum absolute atomic E-state index is 0.0552. The molecule has 0 bridgehead atoms. The van der Waals surface area contributed by atoms with Gasteiger partial charge in [0, 0.05) is 12.0 Å². The van der Waals surface area contributed by atoms with Gasteiger partial charge in [0.2, 0.25) is 0 Å². The average molecular weight is 220 g/mol. The molecule has 1 aromatic carbocycles. The molecule has 3 nitrogen and oxygen atoms in total. The van der Waals surface area contributed by atoms with Gasteiger partial charge >= 0.3 is 0 Å². The monoisotopic (exact) mass is 220 g/mol. The van der Waals surface area contributed by atoms with E-state index < -0.39 is 5.82 Å². The predicted octanol–water partition coefficient (Wildman–Crippen LogP) is 1.88. The van der Waals surface area contributed by atoms with Crippen molar-refractivity contribution < 1.29 is 9.50 Å². The van der Waals surface area contributed by atoms with Crippen LogP contribution in [0, 0.1) is 22.6 Å². The summed E-state index contributed by atoms with van der Waals surface area (Å²) >= 11 is 0. The van der Waals surface area contributed by atoms with E-state index in [-0.39, 0.29) is 12.0 Å². The van der Waals surface area contributed by atoms with E-state index in [4.69, 9.17) is 10.4 Å². The number of nitrogens with one attached hydrogen (secondary N) is 1. The number of aliphatic hydroxyl groups excluding tert-OH is 1. The maximum Gasteiger partial charge on any atom is 0.147 e. The molecule has 0 unspecified atom stereocenters. The summed E-state index contributed by atoms with van der Waals surface area (Å²) in [5, 5.41) is 20.7. The molecule has 2 N–H and O–H groups in total. The third-order valence-electron chi connectivity index (χ3n) is 3.04. The lowest BCUT2D eigenvalue weighted by atomic mass is 10.1. The molecule has 1 fully saturated rings. The summed E-state index contributed by atoms with van der Waals surface area (Å²) in [5.74, 6) is -0.423. The number of anilines is 1. The van der Waals surface area contributed by atoms with Crippen molar-refractivity contribution in [3.8, 4) is 6.07 Å². The van der Waals surface area contributed by atoms with Crippen molar-refractivity contribution in [1.82, 2.24) is 0 Å². The van der Waals surface area contributed by atoms with Gasteiger partial charge in [-0.1, -0.05) is 0 Å². The molecule has 84 valence electrons. The van der Waals surface area contributed by atoms with Gasteiger partial charge in [-0.2, -0.15) is 5.26 Å². The van der Waals surface area contributed by atoms with Crippen molar-refractivity contribution in [1.29, 1.82) is 5.26 Å². The van der Waals surface area contributed by atoms with Crippen LogP contribution in [0.15, 0.2) is 18.2 Å². The second-order valence-electron chi connectivity index (χ2n) is 4.32. The number of aliphatic hydroxyl groups is 1. The van der Waals surface area contributed by atoms with Gasteiger partial charge in [-0.3, -0.25) is 0 Å². The summed E-state index contributed by atoms with van der Waals surface area (Å²) in [6.45, 7) is 0.713. The molecule has 0 aromatic heterocycles. The molecule has 0 aliphatic heterocycles. The quantitative estimate of drug-likeness (QED) is 0.814. The highest BCUT2D eigenvalue weighted by molar-refractivity contribution is 5.49. The van der Waals surface area contributed by atoms with E-state index in [0.717, 1.165) is 12.8 Å². The molecule has 0 atom stereocenters. The second-order valence-corrected chi connectivity index (χ2v) is 4.32. The number of rotatable bonds is 4. The Balaban J connectivity index is 2.02. The summed E-state index contributed by atoms with van der Waals surface area (Å²) in [4.78, 5) is 0. The van der Waals surface area contributed by atoms with E-state index in [1.807, 2.05) is 6.07 Å². The lowest BCUT2D eigenvalue weighted by molar-refractivity contribution is 0.219. The molecule has 1 aromatic rings. The first kappa shape index (κ1) is 10.9. The van der Waals surface area contributed by atoms with E-state index in [9.17, 15) is 4.39 Å². The Morgan fingerprint density at radius 3 is 2.75 bits per heavy atom.